The van der Waals surface area contributed by atoms with Gasteiger partial charge in [-0.25, -0.2) is 4.79 Å². The molecule has 3 rings (SSSR count). The Kier molecular flexibility index (Phi) is 3.80. The minimum absolute atomic E-state index is 0.0326. The number of rotatable bonds is 2. The van der Waals surface area contributed by atoms with Crippen molar-refractivity contribution in [3.63, 3.8) is 0 Å². The molecule has 0 aliphatic carbocycles. The molecule has 0 radical (unpaired) electrons. The largest absolute Gasteiger partial charge is 0.330 e. The van der Waals surface area contributed by atoms with Crippen molar-refractivity contribution in [1.29, 1.82) is 0 Å². The summed E-state index contributed by atoms with van der Waals surface area (Å²) >= 11 is 0. The van der Waals surface area contributed by atoms with Crippen LogP contribution in [-0.4, -0.2) is 30.1 Å². The number of likely N-dealkylation sites (tertiary alicyclic amines) is 1. The van der Waals surface area contributed by atoms with Crippen LogP contribution >= 0.6 is 0 Å². The molecule has 1 saturated heterocycles. The van der Waals surface area contributed by atoms with Crippen molar-refractivity contribution in [2.45, 2.75) is 19.4 Å². The van der Waals surface area contributed by atoms with Gasteiger partial charge in [-0.2, -0.15) is 0 Å². The van der Waals surface area contributed by atoms with Gasteiger partial charge in [0.2, 0.25) is 0 Å². The van der Waals surface area contributed by atoms with Crippen LogP contribution in [0.15, 0.2) is 42.5 Å². The van der Waals surface area contributed by atoms with E-state index in [-0.39, 0.29) is 12.1 Å². The molecule has 2 aromatic carbocycles. The summed E-state index contributed by atoms with van der Waals surface area (Å²) in [4.78, 5) is 14.4. The highest BCUT2D eigenvalue weighted by Crippen LogP contribution is 2.26. The van der Waals surface area contributed by atoms with Crippen molar-refractivity contribution in [3.8, 4) is 0 Å². The maximum absolute atomic E-state index is 12.5. The van der Waals surface area contributed by atoms with Crippen LogP contribution in [0.25, 0.3) is 10.8 Å². The highest BCUT2D eigenvalue weighted by Gasteiger charge is 2.31. The standard InChI is InChI=1S/C17H21N3O/c1-12-9-13(10-18)11-20(12)17(21)19-16-8-4-6-14-5-2-3-7-15(14)16/h2-8,12-13H,9-11,18H2,1H3,(H,19,21). The number of anilines is 1. The molecule has 2 amide bonds. The van der Waals surface area contributed by atoms with Crippen molar-refractivity contribution in [3.05, 3.63) is 42.5 Å². The molecular weight excluding hydrogens is 262 g/mol. The van der Waals surface area contributed by atoms with Crippen LogP contribution in [0, 0.1) is 5.92 Å². The van der Waals surface area contributed by atoms with Crippen molar-refractivity contribution in [2.24, 2.45) is 11.7 Å². The maximum Gasteiger partial charge on any atom is 0.322 e. The fourth-order valence-electron chi connectivity index (χ4n) is 3.12. The van der Waals surface area contributed by atoms with Gasteiger partial charge in [0, 0.05) is 18.0 Å². The fraction of sp³-hybridized carbons (Fsp3) is 0.353. The second-order valence-corrected chi connectivity index (χ2v) is 5.80. The minimum atomic E-state index is -0.0326. The van der Waals surface area contributed by atoms with Crippen LogP contribution < -0.4 is 11.1 Å². The van der Waals surface area contributed by atoms with E-state index >= 15 is 0 Å². The lowest BCUT2D eigenvalue weighted by atomic mass is 10.1. The number of nitrogens with two attached hydrogens (primary N) is 1. The Bertz CT molecular complexity index is 650. The van der Waals surface area contributed by atoms with E-state index in [0.29, 0.717) is 12.5 Å². The average molecular weight is 283 g/mol. The average Bonchev–Trinajstić information content (AvgIpc) is 2.89. The van der Waals surface area contributed by atoms with E-state index < -0.39 is 0 Å². The number of amides is 2. The molecule has 4 nitrogen and oxygen atoms in total. The van der Waals surface area contributed by atoms with Gasteiger partial charge in [-0.3, -0.25) is 0 Å². The molecular formula is C17H21N3O. The molecule has 1 heterocycles. The number of fused-ring (bicyclic) bond motifs is 1. The Morgan fingerprint density at radius 3 is 2.81 bits per heavy atom. The van der Waals surface area contributed by atoms with Crippen LogP contribution in [0.1, 0.15) is 13.3 Å². The molecule has 3 N–H and O–H groups in total. The quantitative estimate of drug-likeness (QED) is 0.890. The predicted octanol–water partition coefficient (Wildman–Crippen LogP) is 3.04. The number of nitrogens with one attached hydrogen (secondary N) is 1. The SMILES string of the molecule is CC1CC(CN)CN1C(=O)Nc1cccc2ccccc12. The zero-order chi connectivity index (χ0) is 14.8. The van der Waals surface area contributed by atoms with Gasteiger partial charge in [0.25, 0.3) is 0 Å². The minimum Gasteiger partial charge on any atom is -0.330 e. The van der Waals surface area contributed by atoms with E-state index in [1.165, 1.54) is 0 Å². The lowest BCUT2D eigenvalue weighted by Gasteiger charge is -2.22. The van der Waals surface area contributed by atoms with Gasteiger partial charge in [0.05, 0.1) is 5.69 Å². The van der Waals surface area contributed by atoms with Gasteiger partial charge >= 0.3 is 6.03 Å². The molecule has 1 aliphatic heterocycles. The Morgan fingerprint density at radius 1 is 1.29 bits per heavy atom. The normalized spacial score (nSPS) is 21.7. The van der Waals surface area contributed by atoms with Gasteiger partial charge < -0.3 is 16.0 Å². The molecule has 0 aromatic heterocycles. The molecule has 4 heteroatoms. The van der Waals surface area contributed by atoms with Crippen LogP contribution in [0.2, 0.25) is 0 Å². The summed E-state index contributed by atoms with van der Waals surface area (Å²) in [6.45, 7) is 3.47. The maximum atomic E-state index is 12.5. The first-order chi connectivity index (χ1) is 10.2. The molecule has 0 bridgehead atoms. The van der Waals surface area contributed by atoms with E-state index in [1.807, 2.05) is 47.4 Å². The van der Waals surface area contributed by atoms with E-state index in [4.69, 9.17) is 5.73 Å². The number of hydrogen-bond acceptors (Lipinski definition) is 2. The van der Waals surface area contributed by atoms with Gasteiger partial charge in [0.15, 0.2) is 0 Å². The number of hydrogen-bond donors (Lipinski definition) is 2. The third-order valence-electron chi connectivity index (χ3n) is 4.29. The van der Waals surface area contributed by atoms with E-state index in [0.717, 1.165) is 29.4 Å². The number of nitrogens with zero attached hydrogens (tertiary/aromatic N) is 1. The van der Waals surface area contributed by atoms with Gasteiger partial charge in [0.1, 0.15) is 0 Å². The van der Waals surface area contributed by atoms with Crippen molar-refractivity contribution < 1.29 is 4.79 Å². The van der Waals surface area contributed by atoms with Crippen molar-refractivity contribution in [2.75, 3.05) is 18.4 Å². The summed E-state index contributed by atoms with van der Waals surface area (Å²) in [5.41, 5.74) is 6.59. The monoisotopic (exact) mass is 283 g/mol. The molecule has 1 aliphatic rings. The predicted molar refractivity (Wildman–Crippen MR) is 86.3 cm³/mol. The van der Waals surface area contributed by atoms with Crippen LogP contribution in [-0.2, 0) is 0 Å². The lowest BCUT2D eigenvalue weighted by Crippen LogP contribution is -2.37. The highest BCUT2D eigenvalue weighted by molar-refractivity contribution is 6.01. The lowest BCUT2D eigenvalue weighted by molar-refractivity contribution is 0.209. The Balaban J connectivity index is 1.81. The zero-order valence-electron chi connectivity index (χ0n) is 12.3. The van der Waals surface area contributed by atoms with Gasteiger partial charge in [-0.1, -0.05) is 36.4 Å². The molecule has 0 spiro atoms. The second-order valence-electron chi connectivity index (χ2n) is 5.80. The van der Waals surface area contributed by atoms with E-state index in [9.17, 15) is 4.79 Å². The molecule has 2 atom stereocenters. The zero-order valence-corrected chi connectivity index (χ0v) is 12.3. The Hall–Kier alpha value is -2.07. The Labute approximate surface area is 124 Å². The van der Waals surface area contributed by atoms with E-state index in [2.05, 4.69) is 12.2 Å². The topological polar surface area (TPSA) is 58.4 Å². The highest BCUT2D eigenvalue weighted by atomic mass is 16.2. The summed E-state index contributed by atoms with van der Waals surface area (Å²) < 4.78 is 0. The molecule has 2 aromatic rings. The van der Waals surface area contributed by atoms with E-state index in [1.54, 1.807) is 0 Å². The summed E-state index contributed by atoms with van der Waals surface area (Å²) in [6, 6.07) is 14.2. The smallest absolute Gasteiger partial charge is 0.322 e. The summed E-state index contributed by atoms with van der Waals surface area (Å²) in [7, 11) is 0. The molecule has 0 saturated carbocycles. The van der Waals surface area contributed by atoms with Crippen molar-refractivity contribution in [1.82, 2.24) is 4.90 Å². The second kappa shape index (κ2) is 5.74. The first-order valence-electron chi connectivity index (χ1n) is 7.44. The number of carbonyl (C=O) groups is 1. The Morgan fingerprint density at radius 2 is 2.05 bits per heavy atom. The first-order valence-corrected chi connectivity index (χ1v) is 7.44. The third-order valence-corrected chi connectivity index (χ3v) is 4.29. The number of urea groups is 1. The first kappa shape index (κ1) is 13.9. The van der Waals surface area contributed by atoms with Crippen LogP contribution in [0.5, 0.6) is 0 Å². The van der Waals surface area contributed by atoms with Crippen LogP contribution in [0.4, 0.5) is 10.5 Å². The summed E-state index contributed by atoms with van der Waals surface area (Å²) in [6.07, 6.45) is 0.986. The fourth-order valence-corrected chi connectivity index (χ4v) is 3.12. The molecule has 110 valence electrons. The van der Waals surface area contributed by atoms with Crippen molar-refractivity contribution >= 4 is 22.5 Å². The van der Waals surface area contributed by atoms with Gasteiger partial charge in [-0.05, 0) is 37.3 Å². The van der Waals surface area contributed by atoms with Gasteiger partial charge in [-0.15, -0.1) is 0 Å². The summed E-state index contributed by atoms with van der Waals surface area (Å²) in [5, 5.41) is 5.24. The number of benzene rings is 2. The molecule has 21 heavy (non-hydrogen) atoms. The molecule has 1 fully saturated rings. The number of carbonyl (C=O) groups excluding carboxylic acids is 1. The third kappa shape index (κ3) is 2.72. The molecule has 2 unspecified atom stereocenters. The summed E-state index contributed by atoms with van der Waals surface area (Å²) in [5.74, 6) is 0.415. The van der Waals surface area contributed by atoms with Crippen LogP contribution in [0.3, 0.4) is 0 Å².